The fourth-order valence-corrected chi connectivity index (χ4v) is 11.5. The van der Waals surface area contributed by atoms with Crippen LogP contribution in [0, 0.1) is 13.8 Å². The Hall–Kier alpha value is -9.62. The van der Waals surface area contributed by atoms with Gasteiger partial charge in [0, 0.05) is 79.0 Å². The van der Waals surface area contributed by atoms with Gasteiger partial charge in [0.1, 0.15) is 40.6 Å². The third-order valence-electron chi connectivity index (χ3n) is 15.3. The van der Waals surface area contributed by atoms with Gasteiger partial charge in [-0.15, -0.1) is 0 Å². The number of aryl methyl sites for hydroxylation is 4. The summed E-state index contributed by atoms with van der Waals surface area (Å²) in [6, 6.07) is 50.2. The number of benzene rings is 6. The number of methoxy groups -OCH3 is 2. The molecule has 5 N–H and O–H groups in total. The summed E-state index contributed by atoms with van der Waals surface area (Å²) in [7, 11) is 2.72. The average molecular weight is 1260 g/mol. The first-order valence-electron chi connectivity index (χ1n) is 29.6. The lowest BCUT2D eigenvalue weighted by Gasteiger charge is -2.31. The molecule has 9 rings (SSSR count). The highest BCUT2D eigenvalue weighted by Crippen LogP contribution is 2.40. The van der Waals surface area contributed by atoms with E-state index in [1.165, 1.54) is 21.1 Å². The first-order valence-corrected chi connectivity index (χ1v) is 30.4. The fraction of sp³-hybridized carbons (Fsp3) is 0.260. The number of esters is 2. The Morgan fingerprint density at radius 1 is 0.615 bits per heavy atom. The second-order valence-electron chi connectivity index (χ2n) is 21.5. The molecule has 1 aliphatic rings. The summed E-state index contributed by atoms with van der Waals surface area (Å²) in [5.41, 5.74) is 18.6. The van der Waals surface area contributed by atoms with E-state index < -0.39 is 42.3 Å². The van der Waals surface area contributed by atoms with E-state index >= 15 is 0 Å². The van der Waals surface area contributed by atoms with Gasteiger partial charge >= 0.3 is 11.9 Å². The zero-order valence-electron chi connectivity index (χ0n) is 51.6. The molecule has 8 aromatic rings. The maximum absolute atomic E-state index is 14.2. The number of nitrogens with two attached hydrogens (primary N) is 1. The van der Waals surface area contributed by atoms with Crippen LogP contribution in [0.25, 0.3) is 0 Å². The number of nitrogens with zero attached hydrogens (tertiary/aromatic N) is 4. The Kier molecular flexibility index (Phi) is 27.1. The number of carbonyl (C=O) groups excluding carboxylic acids is 6. The smallest absolute Gasteiger partial charge is 0.328 e. The maximum atomic E-state index is 14.2. The number of ether oxygens (including phenoxy) is 2. The second-order valence-corrected chi connectivity index (χ2v) is 22.3. The van der Waals surface area contributed by atoms with Gasteiger partial charge in [-0.2, -0.15) is 0 Å². The van der Waals surface area contributed by atoms with Crippen molar-refractivity contribution < 1.29 is 38.2 Å². The number of aldehydes is 1. The summed E-state index contributed by atoms with van der Waals surface area (Å²) in [6.45, 7) is 9.66. The van der Waals surface area contributed by atoms with Crippen molar-refractivity contribution in [3.05, 3.63) is 261 Å². The van der Waals surface area contributed by atoms with E-state index in [0.717, 1.165) is 85.9 Å². The van der Waals surface area contributed by atoms with Crippen LogP contribution >= 0.6 is 24.4 Å². The third kappa shape index (κ3) is 19.2. The molecule has 0 radical (unpaired) electrons. The van der Waals surface area contributed by atoms with Crippen LogP contribution in [-0.2, 0) is 72.0 Å². The molecule has 1 aliphatic heterocycles. The first kappa shape index (κ1) is 70.5. The summed E-state index contributed by atoms with van der Waals surface area (Å²) in [4.78, 5) is 87.9. The van der Waals surface area contributed by atoms with Crippen molar-refractivity contribution in [2.45, 2.75) is 111 Å². The van der Waals surface area contributed by atoms with E-state index in [9.17, 15) is 28.8 Å². The molecule has 3 amide bonds. The molecule has 0 spiro atoms. The number of anilines is 2. The van der Waals surface area contributed by atoms with E-state index in [2.05, 4.69) is 39.8 Å². The van der Waals surface area contributed by atoms with E-state index in [4.69, 9.17) is 39.6 Å². The normalized spacial score (nSPS) is 14.0. The van der Waals surface area contributed by atoms with Gasteiger partial charge < -0.3 is 36.1 Å². The average Bonchev–Trinajstić information content (AvgIpc) is 1.63. The standard InChI is InChI=1S/C37H38N4O4S.C28H32N4O3S.C7H6O.CH4/c1-5-28-15-9-11-24(2)33(28)34(46)39-31(37(44)45-4)21-26-16-18-30(19-17-26)41-35(29-13-7-6-8-14-29)40(25(3)42)32(36(41)43)22-27-12-10-20-38-23-27;1-4-21-9-5-7-18(2)25(21)27(36)32-24(28(34)35-3)16-19-10-12-22(13-11-19)31-26(33)23(29)15-20-8-6-14-30-17-20;8-6-7-4-2-1-3-5-7;/h6-20,23,31-32,35H,5,21-22H2,1-4H3,(H,39,46);5-14,17,23-24H,4,15-16,29H2,1-3H3,(H,31,33)(H,32,36);1-6H;1H4/t31-,32?,35-;23?,24-;;/m00../s1. The Bertz CT molecular complexity index is 3730. The Balaban J connectivity index is 0.000000260. The van der Waals surface area contributed by atoms with Crippen LogP contribution in [0.4, 0.5) is 11.4 Å². The summed E-state index contributed by atoms with van der Waals surface area (Å²) in [5, 5.41) is 9.28. The number of hydrogen-bond donors (Lipinski definition) is 4. The molecule has 3 heterocycles. The van der Waals surface area contributed by atoms with Crippen LogP contribution in [0.5, 0.6) is 0 Å². The van der Waals surface area contributed by atoms with Crippen molar-refractivity contribution in [2.75, 3.05) is 24.4 Å². The minimum Gasteiger partial charge on any atom is -0.467 e. The summed E-state index contributed by atoms with van der Waals surface area (Å²) in [5.74, 6) is -1.48. The molecule has 0 saturated carbocycles. The summed E-state index contributed by atoms with van der Waals surface area (Å²) < 4.78 is 10.2. The minimum atomic E-state index is -0.713. The van der Waals surface area contributed by atoms with Gasteiger partial charge in [-0.1, -0.05) is 179 Å². The highest BCUT2D eigenvalue weighted by atomic mass is 32.1. The van der Waals surface area contributed by atoms with E-state index in [1.807, 2.05) is 159 Å². The molecule has 1 fully saturated rings. The lowest BCUT2D eigenvalue weighted by Crippen LogP contribution is -2.43. The van der Waals surface area contributed by atoms with E-state index in [1.54, 1.807) is 58.9 Å². The molecule has 6 aromatic carbocycles. The lowest BCUT2D eigenvalue weighted by molar-refractivity contribution is -0.143. The number of amides is 3. The molecule has 0 aliphatic carbocycles. The largest absolute Gasteiger partial charge is 0.467 e. The molecule has 18 heteroatoms. The predicted octanol–water partition coefficient (Wildman–Crippen LogP) is 11.2. The first-order chi connectivity index (χ1) is 43.5. The Morgan fingerprint density at radius 2 is 1.10 bits per heavy atom. The molecular weight excluding hydrogens is 1180 g/mol. The number of nitrogens with one attached hydrogen (secondary N) is 3. The van der Waals surface area contributed by atoms with Crippen molar-refractivity contribution >= 4 is 81.7 Å². The van der Waals surface area contributed by atoms with Gasteiger partial charge in [0.15, 0.2) is 0 Å². The molecule has 16 nitrogen and oxygen atoms in total. The number of rotatable bonds is 21. The molecule has 1 saturated heterocycles. The highest BCUT2D eigenvalue weighted by Gasteiger charge is 2.48. The zero-order valence-corrected chi connectivity index (χ0v) is 53.3. The Morgan fingerprint density at radius 3 is 1.54 bits per heavy atom. The number of hydrogen-bond acceptors (Lipinski definition) is 13. The van der Waals surface area contributed by atoms with Gasteiger partial charge in [-0.05, 0) is 120 Å². The van der Waals surface area contributed by atoms with Crippen molar-refractivity contribution in [1.29, 1.82) is 0 Å². The van der Waals surface area contributed by atoms with Gasteiger partial charge in [-0.3, -0.25) is 34.0 Å². The molecule has 2 unspecified atom stereocenters. The van der Waals surface area contributed by atoms with Crippen LogP contribution < -0.4 is 26.6 Å². The summed E-state index contributed by atoms with van der Waals surface area (Å²) >= 11 is 11.5. The lowest BCUT2D eigenvalue weighted by atomic mass is 9.99. The predicted molar refractivity (Wildman–Crippen MR) is 367 cm³/mol. The van der Waals surface area contributed by atoms with Gasteiger partial charge in [0.2, 0.25) is 11.8 Å². The van der Waals surface area contributed by atoms with Gasteiger partial charge in [0.05, 0.1) is 20.3 Å². The van der Waals surface area contributed by atoms with Crippen LogP contribution in [-0.4, -0.2) is 99.2 Å². The number of pyridine rings is 2. The highest BCUT2D eigenvalue weighted by molar-refractivity contribution is 7.81. The van der Waals surface area contributed by atoms with Gasteiger partial charge in [-0.25, -0.2) is 9.59 Å². The molecular formula is C73H80N8O8S2. The van der Waals surface area contributed by atoms with Crippen molar-refractivity contribution in [2.24, 2.45) is 5.73 Å². The van der Waals surface area contributed by atoms with Crippen molar-refractivity contribution in [3.8, 4) is 0 Å². The number of aromatic nitrogens is 2. The molecule has 5 atom stereocenters. The SMILES string of the molecule is C.CCc1cccc(C)c1C(=S)N[C@@H](Cc1ccc(N2C(=O)C(Cc3cccnc3)N(C(C)=O)[C@@H]2c2ccccc2)cc1)C(=O)OC.CCc1cccc(C)c1C(=S)N[C@@H](Cc1ccc(NC(=O)C(N)Cc2cccnc2)cc1)C(=O)OC.O=Cc1ccccc1. The quantitative estimate of drug-likeness (QED) is 0.0299. The minimum absolute atomic E-state index is 0. The Labute approximate surface area is 545 Å². The van der Waals surface area contributed by atoms with Crippen molar-refractivity contribution in [1.82, 2.24) is 25.5 Å². The topological polar surface area (TPSA) is 215 Å². The van der Waals surface area contributed by atoms with E-state index in [-0.39, 0.29) is 25.1 Å². The third-order valence-corrected chi connectivity index (χ3v) is 15.9. The van der Waals surface area contributed by atoms with Crippen LogP contribution in [0.2, 0.25) is 0 Å². The zero-order chi connectivity index (χ0) is 64.7. The molecule has 2 aromatic heterocycles. The summed E-state index contributed by atoms with van der Waals surface area (Å²) in [6.07, 6.45) is 10.1. The maximum Gasteiger partial charge on any atom is 0.328 e. The monoisotopic (exact) mass is 1260 g/mol. The van der Waals surface area contributed by atoms with Crippen molar-refractivity contribution in [3.63, 3.8) is 0 Å². The molecule has 0 bridgehead atoms. The molecule has 472 valence electrons. The van der Waals surface area contributed by atoms with Crippen LogP contribution in [0.1, 0.15) is 106 Å². The fourth-order valence-electron chi connectivity index (χ4n) is 10.7. The molecule has 91 heavy (non-hydrogen) atoms. The van der Waals surface area contributed by atoms with Gasteiger partial charge in [0.25, 0.3) is 5.91 Å². The number of carbonyl (C=O) groups is 6. The number of thiocarbonyl (C=S) groups is 2. The van der Waals surface area contributed by atoms with E-state index in [0.29, 0.717) is 47.0 Å². The van der Waals surface area contributed by atoms with Crippen LogP contribution in [0.3, 0.4) is 0 Å². The second kappa shape index (κ2) is 35.0. The van der Waals surface area contributed by atoms with Crippen LogP contribution in [0.15, 0.2) is 195 Å².